The van der Waals surface area contributed by atoms with Crippen LogP contribution in [0.5, 0.6) is 5.75 Å². The number of rotatable bonds is 4. The molecule has 132 valence electrons. The van der Waals surface area contributed by atoms with Crippen LogP contribution in [0.25, 0.3) is 0 Å². The Kier molecular flexibility index (Phi) is 5.37. The van der Waals surface area contributed by atoms with Crippen molar-refractivity contribution in [3.63, 3.8) is 0 Å². The number of benzene rings is 1. The van der Waals surface area contributed by atoms with Crippen LogP contribution < -0.4 is 4.74 Å². The van der Waals surface area contributed by atoms with Crippen molar-refractivity contribution in [1.29, 1.82) is 0 Å². The molecule has 2 aromatic rings. The molecule has 0 bridgehead atoms. The lowest BCUT2D eigenvalue weighted by atomic mass is 9.99. The van der Waals surface area contributed by atoms with Crippen LogP contribution in [0.3, 0.4) is 0 Å². The van der Waals surface area contributed by atoms with Crippen molar-refractivity contribution in [2.24, 2.45) is 5.92 Å². The van der Waals surface area contributed by atoms with E-state index in [-0.39, 0.29) is 5.91 Å². The number of piperidine rings is 1. The average molecular weight is 338 g/mol. The monoisotopic (exact) mass is 338 g/mol. The molecular weight excluding hydrogens is 312 g/mol. The lowest BCUT2D eigenvalue weighted by Crippen LogP contribution is -2.38. The number of aryl methyl sites for hydroxylation is 2. The molecule has 1 aliphatic rings. The summed E-state index contributed by atoms with van der Waals surface area (Å²) in [4.78, 5) is 18.9. The van der Waals surface area contributed by atoms with Gasteiger partial charge in [-0.1, -0.05) is 25.1 Å². The fourth-order valence-corrected chi connectivity index (χ4v) is 3.26. The van der Waals surface area contributed by atoms with Crippen LogP contribution in [-0.2, 0) is 6.61 Å². The van der Waals surface area contributed by atoms with E-state index in [1.54, 1.807) is 12.4 Å². The van der Waals surface area contributed by atoms with Gasteiger partial charge < -0.3 is 9.64 Å². The van der Waals surface area contributed by atoms with Gasteiger partial charge in [-0.25, -0.2) is 0 Å². The van der Waals surface area contributed by atoms with E-state index < -0.39 is 0 Å². The summed E-state index contributed by atoms with van der Waals surface area (Å²) >= 11 is 0. The van der Waals surface area contributed by atoms with Gasteiger partial charge in [-0.2, -0.15) is 0 Å². The Balaban J connectivity index is 1.68. The molecule has 0 saturated carbocycles. The third-order valence-electron chi connectivity index (χ3n) is 4.90. The second-order valence-electron chi connectivity index (χ2n) is 7.07. The third kappa shape index (κ3) is 4.19. The SMILES string of the molecule is Cc1cccc(C)c1OCc1cncc(C(=O)N2CCC(C)CC2)c1. The highest BCUT2D eigenvalue weighted by Gasteiger charge is 2.21. The Hall–Kier alpha value is -2.36. The first kappa shape index (κ1) is 17.5. The number of amides is 1. The normalized spacial score (nSPS) is 15.2. The molecule has 0 unspecified atom stereocenters. The number of hydrogen-bond donors (Lipinski definition) is 0. The largest absolute Gasteiger partial charge is 0.488 e. The molecule has 4 heteroatoms. The standard InChI is InChI=1S/C21H26N2O2/c1-15-7-9-23(10-8-15)21(24)19-11-18(12-22-13-19)14-25-20-16(2)5-4-6-17(20)3/h4-6,11-13,15H,7-10,14H2,1-3H3. The fourth-order valence-electron chi connectivity index (χ4n) is 3.26. The van der Waals surface area contributed by atoms with Crippen molar-refractivity contribution in [3.8, 4) is 5.75 Å². The van der Waals surface area contributed by atoms with Gasteiger partial charge in [-0.3, -0.25) is 9.78 Å². The van der Waals surface area contributed by atoms with Crippen LogP contribution in [0.2, 0.25) is 0 Å². The van der Waals surface area contributed by atoms with E-state index >= 15 is 0 Å². The molecule has 2 heterocycles. The second kappa shape index (κ2) is 7.68. The third-order valence-corrected chi connectivity index (χ3v) is 4.90. The Morgan fingerprint density at radius 3 is 2.56 bits per heavy atom. The Labute approximate surface area is 149 Å². The molecular formula is C21H26N2O2. The predicted molar refractivity (Wildman–Crippen MR) is 98.8 cm³/mol. The maximum atomic E-state index is 12.7. The number of aromatic nitrogens is 1. The maximum absolute atomic E-state index is 12.7. The summed E-state index contributed by atoms with van der Waals surface area (Å²) in [5, 5.41) is 0. The molecule has 25 heavy (non-hydrogen) atoms. The highest BCUT2D eigenvalue weighted by atomic mass is 16.5. The van der Waals surface area contributed by atoms with Crippen molar-refractivity contribution in [3.05, 3.63) is 58.9 Å². The van der Waals surface area contributed by atoms with E-state index in [1.165, 1.54) is 0 Å². The van der Waals surface area contributed by atoms with Crippen LogP contribution in [0.15, 0.2) is 36.7 Å². The summed E-state index contributed by atoms with van der Waals surface area (Å²) in [7, 11) is 0. The molecule has 0 atom stereocenters. The predicted octanol–water partition coefficient (Wildman–Crippen LogP) is 4.15. The molecule has 1 aromatic carbocycles. The Morgan fingerprint density at radius 1 is 1.20 bits per heavy atom. The van der Waals surface area contributed by atoms with Gasteiger partial charge in [0.2, 0.25) is 0 Å². The van der Waals surface area contributed by atoms with Crippen molar-refractivity contribution in [2.75, 3.05) is 13.1 Å². The van der Waals surface area contributed by atoms with Gasteiger partial charge in [0.15, 0.2) is 0 Å². The maximum Gasteiger partial charge on any atom is 0.255 e. The summed E-state index contributed by atoms with van der Waals surface area (Å²) < 4.78 is 5.98. The number of para-hydroxylation sites is 1. The molecule has 0 aliphatic carbocycles. The first-order chi connectivity index (χ1) is 12.0. The first-order valence-corrected chi connectivity index (χ1v) is 8.97. The minimum atomic E-state index is 0.0772. The van der Waals surface area contributed by atoms with Crippen molar-refractivity contribution < 1.29 is 9.53 Å². The number of ether oxygens (including phenoxy) is 1. The fraction of sp³-hybridized carbons (Fsp3) is 0.429. The topological polar surface area (TPSA) is 42.4 Å². The van der Waals surface area contributed by atoms with E-state index in [9.17, 15) is 4.79 Å². The number of carbonyl (C=O) groups excluding carboxylic acids is 1. The second-order valence-corrected chi connectivity index (χ2v) is 7.07. The number of carbonyl (C=O) groups is 1. The molecule has 4 nitrogen and oxygen atoms in total. The number of nitrogens with zero attached hydrogens (tertiary/aromatic N) is 2. The zero-order valence-corrected chi connectivity index (χ0v) is 15.3. The van der Waals surface area contributed by atoms with Crippen LogP contribution in [-0.4, -0.2) is 28.9 Å². The van der Waals surface area contributed by atoms with E-state index in [4.69, 9.17) is 4.74 Å². The number of likely N-dealkylation sites (tertiary alicyclic amines) is 1. The van der Waals surface area contributed by atoms with Gasteiger partial charge in [0.25, 0.3) is 5.91 Å². The quantitative estimate of drug-likeness (QED) is 0.841. The highest BCUT2D eigenvalue weighted by molar-refractivity contribution is 5.94. The van der Waals surface area contributed by atoms with Gasteiger partial charge in [0.1, 0.15) is 12.4 Å². The highest BCUT2D eigenvalue weighted by Crippen LogP contribution is 2.24. The zero-order valence-electron chi connectivity index (χ0n) is 15.3. The summed E-state index contributed by atoms with van der Waals surface area (Å²) in [6, 6.07) is 8.01. The van der Waals surface area contributed by atoms with E-state index in [0.29, 0.717) is 18.1 Å². The van der Waals surface area contributed by atoms with Gasteiger partial charge in [-0.05, 0) is 49.8 Å². The molecule has 1 aromatic heterocycles. The smallest absolute Gasteiger partial charge is 0.255 e. The van der Waals surface area contributed by atoms with Gasteiger partial charge in [0.05, 0.1) is 5.56 Å². The molecule has 0 radical (unpaired) electrons. The molecule has 1 amide bonds. The molecule has 3 rings (SSSR count). The van der Waals surface area contributed by atoms with Crippen LogP contribution in [0.4, 0.5) is 0 Å². The minimum absolute atomic E-state index is 0.0772. The number of hydrogen-bond acceptors (Lipinski definition) is 3. The Morgan fingerprint density at radius 2 is 1.88 bits per heavy atom. The van der Waals surface area contributed by atoms with Crippen molar-refractivity contribution in [1.82, 2.24) is 9.88 Å². The molecule has 0 N–H and O–H groups in total. The number of pyridine rings is 1. The molecule has 1 fully saturated rings. The average Bonchev–Trinajstić information content (AvgIpc) is 2.62. The summed E-state index contributed by atoms with van der Waals surface area (Å²) in [6.07, 6.45) is 5.58. The summed E-state index contributed by atoms with van der Waals surface area (Å²) in [6.45, 7) is 8.41. The van der Waals surface area contributed by atoms with Gasteiger partial charge >= 0.3 is 0 Å². The molecule has 1 aliphatic heterocycles. The van der Waals surface area contributed by atoms with Gasteiger partial charge in [0, 0.05) is 31.0 Å². The summed E-state index contributed by atoms with van der Waals surface area (Å²) in [5.41, 5.74) is 3.79. The molecule has 0 spiro atoms. The van der Waals surface area contributed by atoms with E-state index in [0.717, 1.165) is 48.4 Å². The lowest BCUT2D eigenvalue weighted by molar-refractivity contribution is 0.0696. The van der Waals surface area contributed by atoms with Crippen LogP contribution >= 0.6 is 0 Å². The van der Waals surface area contributed by atoms with Crippen molar-refractivity contribution in [2.45, 2.75) is 40.2 Å². The first-order valence-electron chi connectivity index (χ1n) is 8.97. The molecule has 1 saturated heterocycles. The lowest BCUT2D eigenvalue weighted by Gasteiger charge is -2.30. The summed E-state index contributed by atoms with van der Waals surface area (Å²) in [5.74, 6) is 1.69. The Bertz CT molecular complexity index is 729. The van der Waals surface area contributed by atoms with Crippen molar-refractivity contribution >= 4 is 5.91 Å². The van der Waals surface area contributed by atoms with Crippen LogP contribution in [0.1, 0.15) is 46.8 Å². The minimum Gasteiger partial charge on any atom is -0.488 e. The van der Waals surface area contributed by atoms with Crippen LogP contribution in [0, 0.1) is 19.8 Å². The van der Waals surface area contributed by atoms with E-state index in [1.807, 2.05) is 43.0 Å². The zero-order chi connectivity index (χ0) is 17.8. The van der Waals surface area contributed by atoms with E-state index in [2.05, 4.69) is 11.9 Å². The van der Waals surface area contributed by atoms with Gasteiger partial charge in [-0.15, -0.1) is 0 Å².